The van der Waals surface area contributed by atoms with E-state index in [0.29, 0.717) is 5.92 Å². The average Bonchev–Trinajstić information content (AvgIpc) is 2.89. The second-order valence-electron chi connectivity index (χ2n) is 5.79. The Bertz CT molecular complexity index is 620. The number of aryl methyl sites for hydroxylation is 2. The van der Waals surface area contributed by atoms with Crippen molar-refractivity contribution in [3.05, 3.63) is 53.1 Å². The second kappa shape index (κ2) is 5.98. The summed E-state index contributed by atoms with van der Waals surface area (Å²) in [6, 6.07) is 7.16. The number of hydrogen-bond acceptors (Lipinski definition) is 2. The van der Waals surface area contributed by atoms with Crippen LogP contribution in [-0.4, -0.2) is 22.9 Å². The quantitative estimate of drug-likeness (QED) is 0.940. The van der Waals surface area contributed by atoms with Gasteiger partial charge >= 0.3 is 0 Å². The third-order valence-electron chi connectivity index (χ3n) is 4.46. The SMILES string of the molecule is CCc1nn(C)cc1C1CCNCC1c1ccccc1F. The van der Waals surface area contributed by atoms with E-state index in [1.807, 2.05) is 23.9 Å². The van der Waals surface area contributed by atoms with E-state index in [2.05, 4.69) is 23.5 Å². The lowest BCUT2D eigenvalue weighted by atomic mass is 9.77. The lowest BCUT2D eigenvalue weighted by Gasteiger charge is -2.33. The summed E-state index contributed by atoms with van der Waals surface area (Å²) in [5, 5.41) is 7.97. The van der Waals surface area contributed by atoms with Crippen LogP contribution in [0.5, 0.6) is 0 Å². The van der Waals surface area contributed by atoms with Gasteiger partial charge in [-0.15, -0.1) is 0 Å². The molecule has 3 rings (SSSR count). The fraction of sp³-hybridized carbons (Fsp3) is 0.471. The predicted octanol–water partition coefficient (Wildman–Crippen LogP) is 2.98. The normalized spacial score (nSPS) is 22.4. The maximum absolute atomic E-state index is 14.2. The molecule has 1 aliphatic rings. The number of hydrogen-bond donors (Lipinski definition) is 1. The molecule has 112 valence electrons. The highest BCUT2D eigenvalue weighted by molar-refractivity contribution is 5.32. The molecule has 2 unspecified atom stereocenters. The van der Waals surface area contributed by atoms with E-state index >= 15 is 0 Å². The fourth-order valence-corrected chi connectivity index (χ4v) is 3.47. The van der Waals surface area contributed by atoms with Crippen LogP contribution in [0.25, 0.3) is 0 Å². The Balaban J connectivity index is 2.00. The number of rotatable bonds is 3. The molecule has 1 aliphatic heterocycles. The number of benzene rings is 1. The van der Waals surface area contributed by atoms with Gasteiger partial charge in [-0.2, -0.15) is 5.10 Å². The van der Waals surface area contributed by atoms with Gasteiger partial charge in [-0.05, 0) is 42.5 Å². The zero-order chi connectivity index (χ0) is 14.8. The van der Waals surface area contributed by atoms with Gasteiger partial charge in [0.05, 0.1) is 5.69 Å². The summed E-state index contributed by atoms with van der Waals surface area (Å²) in [5.74, 6) is 0.416. The smallest absolute Gasteiger partial charge is 0.126 e. The van der Waals surface area contributed by atoms with Gasteiger partial charge in [0.1, 0.15) is 5.82 Å². The van der Waals surface area contributed by atoms with E-state index < -0.39 is 0 Å². The molecule has 0 bridgehead atoms. The van der Waals surface area contributed by atoms with Crippen LogP contribution in [0, 0.1) is 5.82 Å². The Hall–Kier alpha value is -1.68. The molecule has 2 atom stereocenters. The molecular weight excluding hydrogens is 265 g/mol. The van der Waals surface area contributed by atoms with Gasteiger partial charge in [-0.25, -0.2) is 4.39 Å². The molecule has 1 N–H and O–H groups in total. The van der Waals surface area contributed by atoms with E-state index in [1.165, 1.54) is 5.56 Å². The Morgan fingerprint density at radius 2 is 2.10 bits per heavy atom. The predicted molar refractivity (Wildman–Crippen MR) is 82.0 cm³/mol. The molecule has 21 heavy (non-hydrogen) atoms. The number of aromatic nitrogens is 2. The van der Waals surface area contributed by atoms with E-state index in [-0.39, 0.29) is 11.7 Å². The van der Waals surface area contributed by atoms with E-state index in [4.69, 9.17) is 0 Å². The Labute approximate surface area is 125 Å². The van der Waals surface area contributed by atoms with Crippen LogP contribution in [0.15, 0.2) is 30.5 Å². The fourth-order valence-electron chi connectivity index (χ4n) is 3.47. The third-order valence-corrected chi connectivity index (χ3v) is 4.46. The first-order chi connectivity index (χ1) is 10.2. The largest absolute Gasteiger partial charge is 0.316 e. The van der Waals surface area contributed by atoms with E-state index in [0.717, 1.165) is 37.2 Å². The minimum Gasteiger partial charge on any atom is -0.316 e. The minimum absolute atomic E-state index is 0.0989. The molecule has 0 spiro atoms. The summed E-state index contributed by atoms with van der Waals surface area (Å²) < 4.78 is 16.1. The van der Waals surface area contributed by atoms with Crippen LogP contribution in [0.3, 0.4) is 0 Å². The maximum atomic E-state index is 14.2. The summed E-state index contributed by atoms with van der Waals surface area (Å²) in [4.78, 5) is 0. The molecule has 1 aromatic heterocycles. The Morgan fingerprint density at radius 1 is 1.29 bits per heavy atom. The van der Waals surface area contributed by atoms with Gasteiger partial charge in [0, 0.05) is 25.7 Å². The first-order valence-corrected chi connectivity index (χ1v) is 7.68. The second-order valence-corrected chi connectivity index (χ2v) is 5.79. The van der Waals surface area contributed by atoms with Gasteiger partial charge in [0.2, 0.25) is 0 Å². The summed E-state index contributed by atoms with van der Waals surface area (Å²) in [7, 11) is 1.96. The molecule has 3 nitrogen and oxygen atoms in total. The zero-order valence-electron chi connectivity index (χ0n) is 12.6. The highest BCUT2D eigenvalue weighted by Crippen LogP contribution is 2.39. The molecule has 4 heteroatoms. The average molecular weight is 287 g/mol. The molecule has 2 aromatic rings. The zero-order valence-corrected chi connectivity index (χ0v) is 12.6. The van der Waals surface area contributed by atoms with Crippen molar-refractivity contribution in [1.82, 2.24) is 15.1 Å². The number of nitrogens with zero attached hydrogens (tertiary/aromatic N) is 2. The van der Waals surface area contributed by atoms with Crippen molar-refractivity contribution in [3.8, 4) is 0 Å². The highest BCUT2D eigenvalue weighted by Gasteiger charge is 2.31. The molecule has 0 radical (unpaired) electrons. The van der Waals surface area contributed by atoms with Gasteiger partial charge < -0.3 is 5.32 Å². The van der Waals surface area contributed by atoms with Crippen LogP contribution < -0.4 is 5.32 Å². The van der Waals surface area contributed by atoms with Crippen LogP contribution in [-0.2, 0) is 13.5 Å². The molecule has 1 saturated heterocycles. The number of halogens is 1. The maximum Gasteiger partial charge on any atom is 0.126 e. The van der Waals surface area contributed by atoms with E-state index in [1.54, 1.807) is 12.1 Å². The molecule has 1 aromatic carbocycles. The Kier molecular flexibility index (Phi) is 4.06. The lowest BCUT2D eigenvalue weighted by molar-refractivity contribution is 0.392. The van der Waals surface area contributed by atoms with Crippen molar-refractivity contribution in [2.45, 2.75) is 31.6 Å². The minimum atomic E-state index is -0.0989. The summed E-state index contributed by atoms with van der Waals surface area (Å²) in [5.41, 5.74) is 3.25. The first kappa shape index (κ1) is 14.3. The van der Waals surface area contributed by atoms with Crippen molar-refractivity contribution in [1.29, 1.82) is 0 Å². The topological polar surface area (TPSA) is 29.9 Å². The monoisotopic (exact) mass is 287 g/mol. The summed E-state index contributed by atoms with van der Waals surface area (Å²) >= 11 is 0. The van der Waals surface area contributed by atoms with Crippen LogP contribution >= 0.6 is 0 Å². The van der Waals surface area contributed by atoms with Crippen LogP contribution in [0.4, 0.5) is 4.39 Å². The highest BCUT2D eigenvalue weighted by atomic mass is 19.1. The van der Waals surface area contributed by atoms with Gasteiger partial charge in [0.15, 0.2) is 0 Å². The van der Waals surface area contributed by atoms with Gasteiger partial charge in [0.25, 0.3) is 0 Å². The van der Waals surface area contributed by atoms with Crippen molar-refractivity contribution < 1.29 is 4.39 Å². The van der Waals surface area contributed by atoms with Crippen molar-refractivity contribution >= 4 is 0 Å². The molecular formula is C17H22FN3. The van der Waals surface area contributed by atoms with Crippen molar-refractivity contribution in [3.63, 3.8) is 0 Å². The van der Waals surface area contributed by atoms with Crippen molar-refractivity contribution in [2.75, 3.05) is 13.1 Å². The van der Waals surface area contributed by atoms with Gasteiger partial charge in [-0.1, -0.05) is 25.1 Å². The van der Waals surface area contributed by atoms with Crippen molar-refractivity contribution in [2.24, 2.45) is 7.05 Å². The summed E-state index contributed by atoms with van der Waals surface area (Å²) in [6.45, 7) is 3.93. The molecule has 0 amide bonds. The van der Waals surface area contributed by atoms with Crippen LogP contribution in [0.2, 0.25) is 0 Å². The summed E-state index contributed by atoms with van der Waals surface area (Å²) in [6.07, 6.45) is 4.06. The molecule has 0 aliphatic carbocycles. The first-order valence-electron chi connectivity index (χ1n) is 7.68. The van der Waals surface area contributed by atoms with Gasteiger partial charge in [-0.3, -0.25) is 4.68 Å². The third kappa shape index (κ3) is 2.72. The molecule has 1 fully saturated rings. The molecule has 2 heterocycles. The van der Waals surface area contributed by atoms with Crippen LogP contribution in [0.1, 0.15) is 42.0 Å². The standard InChI is InChI=1S/C17H22FN3/c1-3-17-15(11-21(2)20-17)12-8-9-19-10-14(12)13-6-4-5-7-16(13)18/h4-7,11-12,14,19H,3,8-10H2,1-2H3. The Morgan fingerprint density at radius 3 is 2.86 bits per heavy atom. The van der Waals surface area contributed by atoms with E-state index in [9.17, 15) is 4.39 Å². The number of piperidine rings is 1. The molecule has 0 saturated carbocycles. The lowest BCUT2D eigenvalue weighted by Crippen LogP contribution is -2.34. The number of nitrogens with one attached hydrogen (secondary N) is 1.